The van der Waals surface area contributed by atoms with Crippen LogP contribution in [0.15, 0.2) is 30.3 Å². The summed E-state index contributed by atoms with van der Waals surface area (Å²) < 4.78 is 7.92. The lowest BCUT2D eigenvalue weighted by Gasteiger charge is -2.18. The number of halogens is 1. The Balaban J connectivity index is 2.12. The minimum Gasteiger partial charge on any atom is -0.465 e. The Hall–Kier alpha value is -1.85. The van der Waals surface area contributed by atoms with Gasteiger partial charge >= 0.3 is 5.97 Å². The molecule has 0 aliphatic rings. The summed E-state index contributed by atoms with van der Waals surface area (Å²) in [5, 5.41) is 0. The highest BCUT2D eigenvalue weighted by atomic mass is 35.5. The number of fused-ring (bicyclic) bond motifs is 1. The summed E-state index contributed by atoms with van der Waals surface area (Å²) >= 11 is 7.65. The quantitative estimate of drug-likeness (QED) is 0.534. The first-order valence-corrected chi connectivity index (χ1v) is 9.60. The van der Waals surface area contributed by atoms with E-state index in [9.17, 15) is 4.79 Å². The Labute approximate surface area is 156 Å². The van der Waals surface area contributed by atoms with E-state index in [-0.39, 0.29) is 5.97 Å². The number of methoxy groups -OCH3 is 1. The van der Waals surface area contributed by atoms with Gasteiger partial charge in [-0.3, -0.25) is 0 Å². The summed E-state index contributed by atoms with van der Waals surface area (Å²) in [4.78, 5) is 17.8. The molecule has 0 aliphatic heterocycles. The molecule has 1 aromatic carbocycles. The van der Waals surface area contributed by atoms with Crippen molar-refractivity contribution in [2.45, 2.75) is 39.2 Å². The first-order chi connectivity index (χ1) is 12.1. The molecule has 0 saturated heterocycles. The predicted molar refractivity (Wildman–Crippen MR) is 103 cm³/mol. The Kier molecular flexibility index (Phi) is 5.45. The molecule has 2 aromatic heterocycles. The molecule has 0 amide bonds. The van der Waals surface area contributed by atoms with Gasteiger partial charge in [-0.25, -0.2) is 9.78 Å². The van der Waals surface area contributed by atoms with E-state index in [0.29, 0.717) is 11.6 Å². The van der Waals surface area contributed by atoms with E-state index < -0.39 is 0 Å². The molecule has 0 aliphatic carbocycles. The number of rotatable bonds is 6. The lowest BCUT2D eigenvalue weighted by Crippen LogP contribution is -2.11. The summed E-state index contributed by atoms with van der Waals surface area (Å²) in [6.45, 7) is 4.38. The standard InChI is InChI=1S/C19H21ClN2O2S/c1-4-13(5-2)22-16-8-6-12(19(23)24-3)10-15(16)21-18(22)11-14-7-9-17(20)25-14/h6-10,13H,4-5,11H2,1-3H3. The number of aromatic nitrogens is 2. The number of esters is 1. The number of carbonyl (C=O) groups excluding carboxylic acids is 1. The number of ether oxygens (including phenoxy) is 1. The van der Waals surface area contributed by atoms with Crippen LogP contribution in [0.4, 0.5) is 0 Å². The fourth-order valence-corrected chi connectivity index (χ4v) is 4.27. The van der Waals surface area contributed by atoms with Crippen LogP contribution in [0.1, 0.15) is 53.8 Å². The van der Waals surface area contributed by atoms with Crippen LogP contribution in [0.25, 0.3) is 11.0 Å². The molecular formula is C19H21ClN2O2S. The van der Waals surface area contributed by atoms with Gasteiger partial charge in [0.2, 0.25) is 0 Å². The largest absolute Gasteiger partial charge is 0.465 e. The maximum atomic E-state index is 11.8. The lowest BCUT2D eigenvalue weighted by molar-refractivity contribution is 0.0601. The minimum atomic E-state index is -0.342. The zero-order valence-corrected chi connectivity index (χ0v) is 16.2. The Morgan fingerprint density at radius 1 is 1.28 bits per heavy atom. The van der Waals surface area contributed by atoms with Crippen molar-refractivity contribution >= 4 is 39.9 Å². The Bertz CT molecular complexity index is 896. The zero-order valence-electron chi connectivity index (χ0n) is 14.6. The number of hydrogen-bond donors (Lipinski definition) is 0. The number of imidazole rings is 1. The van der Waals surface area contributed by atoms with E-state index in [4.69, 9.17) is 21.3 Å². The maximum absolute atomic E-state index is 11.8. The molecular weight excluding hydrogens is 356 g/mol. The Morgan fingerprint density at radius 3 is 2.64 bits per heavy atom. The summed E-state index contributed by atoms with van der Waals surface area (Å²) in [5.74, 6) is 0.662. The summed E-state index contributed by atoms with van der Waals surface area (Å²) in [5.41, 5.74) is 2.40. The zero-order chi connectivity index (χ0) is 18.0. The second-order valence-corrected chi connectivity index (χ2v) is 7.75. The van der Waals surface area contributed by atoms with E-state index in [1.807, 2.05) is 24.3 Å². The van der Waals surface area contributed by atoms with Gasteiger partial charge in [-0.05, 0) is 43.2 Å². The number of nitrogens with zero attached hydrogens (tertiary/aromatic N) is 2. The van der Waals surface area contributed by atoms with E-state index in [0.717, 1.165) is 40.5 Å². The molecule has 0 atom stereocenters. The molecule has 0 N–H and O–H groups in total. The molecule has 132 valence electrons. The summed E-state index contributed by atoms with van der Waals surface area (Å²) in [6.07, 6.45) is 2.79. The number of thiophene rings is 1. The van der Waals surface area contributed by atoms with Crippen molar-refractivity contribution < 1.29 is 9.53 Å². The summed E-state index contributed by atoms with van der Waals surface area (Å²) in [6, 6.07) is 9.92. The second kappa shape index (κ2) is 7.58. The molecule has 3 rings (SSSR count). The van der Waals surface area contributed by atoms with Gasteiger partial charge in [0.25, 0.3) is 0 Å². The molecule has 0 spiro atoms. The van der Waals surface area contributed by atoms with Crippen molar-refractivity contribution in [1.29, 1.82) is 0 Å². The van der Waals surface area contributed by atoms with Gasteiger partial charge in [-0.15, -0.1) is 11.3 Å². The van der Waals surface area contributed by atoms with Crippen LogP contribution < -0.4 is 0 Å². The molecule has 3 aromatic rings. The van der Waals surface area contributed by atoms with Crippen molar-refractivity contribution in [2.24, 2.45) is 0 Å². The van der Waals surface area contributed by atoms with Crippen molar-refractivity contribution in [3.05, 3.63) is 50.9 Å². The van der Waals surface area contributed by atoms with Crippen LogP contribution in [0.5, 0.6) is 0 Å². The molecule has 6 heteroatoms. The van der Waals surface area contributed by atoms with Gasteiger partial charge < -0.3 is 9.30 Å². The molecule has 0 saturated carbocycles. The molecule has 25 heavy (non-hydrogen) atoms. The van der Waals surface area contributed by atoms with Crippen molar-refractivity contribution in [3.8, 4) is 0 Å². The number of hydrogen-bond acceptors (Lipinski definition) is 4. The van der Waals surface area contributed by atoms with Gasteiger partial charge in [-0.1, -0.05) is 25.4 Å². The number of carbonyl (C=O) groups is 1. The monoisotopic (exact) mass is 376 g/mol. The average Bonchev–Trinajstić information content (AvgIpc) is 3.18. The Morgan fingerprint density at radius 2 is 2.04 bits per heavy atom. The van der Waals surface area contributed by atoms with Crippen molar-refractivity contribution in [2.75, 3.05) is 7.11 Å². The molecule has 4 nitrogen and oxygen atoms in total. The van der Waals surface area contributed by atoms with Gasteiger partial charge in [0, 0.05) is 17.3 Å². The van der Waals surface area contributed by atoms with Gasteiger partial charge in [0.05, 0.1) is 28.0 Å². The van der Waals surface area contributed by atoms with Gasteiger partial charge in [0.15, 0.2) is 0 Å². The highest BCUT2D eigenvalue weighted by Crippen LogP contribution is 2.30. The van der Waals surface area contributed by atoms with Crippen LogP contribution in [0.2, 0.25) is 4.34 Å². The van der Waals surface area contributed by atoms with Crippen LogP contribution in [0.3, 0.4) is 0 Å². The maximum Gasteiger partial charge on any atom is 0.337 e. The smallest absolute Gasteiger partial charge is 0.337 e. The van der Waals surface area contributed by atoms with E-state index in [1.165, 1.54) is 12.0 Å². The molecule has 0 bridgehead atoms. The van der Waals surface area contributed by atoms with E-state index >= 15 is 0 Å². The average molecular weight is 377 g/mol. The van der Waals surface area contributed by atoms with Gasteiger partial charge in [-0.2, -0.15) is 0 Å². The van der Waals surface area contributed by atoms with Crippen LogP contribution in [-0.2, 0) is 11.2 Å². The third kappa shape index (κ3) is 3.58. The highest BCUT2D eigenvalue weighted by Gasteiger charge is 2.19. The SMILES string of the molecule is CCC(CC)n1c(Cc2ccc(Cl)s2)nc2cc(C(=O)OC)ccc21. The third-order valence-corrected chi connectivity index (χ3v) is 5.68. The normalized spacial score (nSPS) is 11.4. The van der Waals surface area contributed by atoms with Gasteiger partial charge in [0.1, 0.15) is 5.82 Å². The minimum absolute atomic E-state index is 0.342. The molecule has 0 fully saturated rings. The molecule has 0 radical (unpaired) electrons. The predicted octanol–water partition coefficient (Wildman–Crippen LogP) is 5.49. The lowest BCUT2D eigenvalue weighted by atomic mass is 10.1. The molecule has 2 heterocycles. The summed E-state index contributed by atoms with van der Waals surface area (Å²) in [7, 11) is 1.39. The third-order valence-electron chi connectivity index (χ3n) is 4.45. The van der Waals surface area contributed by atoms with E-state index in [1.54, 1.807) is 17.4 Å². The van der Waals surface area contributed by atoms with Crippen LogP contribution >= 0.6 is 22.9 Å². The first-order valence-electron chi connectivity index (χ1n) is 8.40. The fourth-order valence-electron chi connectivity index (χ4n) is 3.18. The second-order valence-electron chi connectivity index (χ2n) is 5.95. The van der Waals surface area contributed by atoms with E-state index in [2.05, 4.69) is 18.4 Å². The first kappa shape index (κ1) is 18.0. The van der Waals surface area contributed by atoms with Crippen molar-refractivity contribution in [1.82, 2.24) is 9.55 Å². The molecule has 0 unspecified atom stereocenters. The topological polar surface area (TPSA) is 44.1 Å². The highest BCUT2D eigenvalue weighted by molar-refractivity contribution is 7.16. The van der Waals surface area contributed by atoms with Crippen LogP contribution in [0, 0.1) is 0 Å². The van der Waals surface area contributed by atoms with Crippen molar-refractivity contribution in [3.63, 3.8) is 0 Å². The fraction of sp³-hybridized carbons (Fsp3) is 0.368. The van der Waals surface area contributed by atoms with Crippen LogP contribution in [-0.4, -0.2) is 22.6 Å². The number of benzene rings is 1.